The number of ether oxygens (including phenoxy) is 1. The molecule has 0 atom stereocenters. The van der Waals surface area contributed by atoms with Gasteiger partial charge in [-0.2, -0.15) is 0 Å². The number of hydrogen-bond acceptors (Lipinski definition) is 7. The number of anilines is 2. The molecular formula is C23H19N3O5S. The number of carbonyl (C=O) groups is 4. The first-order valence-electron chi connectivity index (χ1n) is 9.86. The van der Waals surface area contributed by atoms with E-state index in [4.69, 9.17) is 4.74 Å². The lowest BCUT2D eigenvalue weighted by atomic mass is 10.1. The maximum absolute atomic E-state index is 12.2. The normalized spacial score (nSPS) is 13.3. The number of benzene rings is 2. The quantitative estimate of drug-likeness (QED) is 0.456. The van der Waals surface area contributed by atoms with Crippen molar-refractivity contribution in [1.29, 1.82) is 0 Å². The molecule has 1 N–H and O–H groups in total. The van der Waals surface area contributed by atoms with E-state index in [2.05, 4.69) is 10.3 Å². The second kappa shape index (κ2) is 9.11. The summed E-state index contributed by atoms with van der Waals surface area (Å²) in [6.45, 7) is 1.47. The van der Waals surface area contributed by atoms with E-state index < -0.39 is 18.5 Å². The van der Waals surface area contributed by atoms with Gasteiger partial charge in [0.25, 0.3) is 5.91 Å². The van der Waals surface area contributed by atoms with Gasteiger partial charge in [-0.3, -0.25) is 19.3 Å². The topological polar surface area (TPSA) is 106 Å². The second-order valence-electron chi connectivity index (χ2n) is 7.13. The summed E-state index contributed by atoms with van der Waals surface area (Å²) >= 11 is 1.54. The monoisotopic (exact) mass is 449 g/mol. The lowest BCUT2D eigenvalue weighted by molar-refractivity contribution is -0.121. The van der Waals surface area contributed by atoms with Crippen LogP contribution in [0.25, 0.3) is 11.3 Å². The molecule has 0 saturated carbocycles. The van der Waals surface area contributed by atoms with Gasteiger partial charge < -0.3 is 10.1 Å². The van der Waals surface area contributed by atoms with Crippen LogP contribution in [0.3, 0.4) is 0 Å². The van der Waals surface area contributed by atoms with Gasteiger partial charge in [0.05, 0.1) is 22.0 Å². The molecule has 3 amide bonds. The van der Waals surface area contributed by atoms with Crippen LogP contribution in [0.4, 0.5) is 11.4 Å². The molecular weight excluding hydrogens is 430 g/mol. The summed E-state index contributed by atoms with van der Waals surface area (Å²) in [5.41, 5.74) is 2.89. The van der Waals surface area contributed by atoms with Crippen molar-refractivity contribution in [2.75, 3.05) is 16.8 Å². The molecule has 162 valence electrons. The number of rotatable bonds is 6. The molecule has 0 unspecified atom stereocenters. The fraction of sp³-hybridized carbons (Fsp3) is 0.174. The van der Waals surface area contributed by atoms with Crippen LogP contribution in [0.1, 0.15) is 28.2 Å². The highest BCUT2D eigenvalue weighted by Gasteiger charge is 2.30. The number of aromatic nitrogens is 1. The highest BCUT2D eigenvalue weighted by atomic mass is 32.1. The van der Waals surface area contributed by atoms with E-state index in [1.807, 2.05) is 24.4 Å². The Labute approximate surface area is 187 Å². The maximum atomic E-state index is 12.2. The Hall–Kier alpha value is -3.85. The number of hydrogen-bond donors (Lipinski definition) is 1. The van der Waals surface area contributed by atoms with E-state index in [1.165, 1.54) is 24.3 Å². The zero-order chi connectivity index (χ0) is 22.7. The minimum atomic E-state index is -0.683. The van der Waals surface area contributed by atoms with Crippen LogP contribution < -0.4 is 10.2 Å². The first-order valence-corrected chi connectivity index (χ1v) is 10.7. The van der Waals surface area contributed by atoms with Gasteiger partial charge in [0.2, 0.25) is 11.8 Å². The van der Waals surface area contributed by atoms with E-state index >= 15 is 0 Å². The summed E-state index contributed by atoms with van der Waals surface area (Å²) in [6, 6.07) is 13.2. The fourth-order valence-electron chi connectivity index (χ4n) is 3.27. The van der Waals surface area contributed by atoms with E-state index in [9.17, 15) is 19.2 Å². The molecule has 1 aliphatic heterocycles. The first-order chi connectivity index (χ1) is 15.4. The van der Waals surface area contributed by atoms with Crippen LogP contribution in [0, 0.1) is 6.92 Å². The van der Waals surface area contributed by atoms with Gasteiger partial charge in [0.15, 0.2) is 6.61 Å². The van der Waals surface area contributed by atoms with Crippen LogP contribution >= 0.6 is 11.3 Å². The Kier molecular flexibility index (Phi) is 6.09. The Morgan fingerprint density at radius 1 is 1.09 bits per heavy atom. The number of aryl methyl sites for hydroxylation is 1. The predicted molar refractivity (Wildman–Crippen MR) is 119 cm³/mol. The van der Waals surface area contributed by atoms with E-state index in [0.29, 0.717) is 11.4 Å². The van der Waals surface area contributed by atoms with E-state index in [0.717, 1.165) is 21.2 Å². The number of imide groups is 1. The van der Waals surface area contributed by atoms with Crippen molar-refractivity contribution in [2.45, 2.75) is 19.8 Å². The highest BCUT2D eigenvalue weighted by Crippen LogP contribution is 2.25. The highest BCUT2D eigenvalue weighted by molar-refractivity contribution is 7.09. The van der Waals surface area contributed by atoms with Crippen LogP contribution in [0.5, 0.6) is 0 Å². The van der Waals surface area contributed by atoms with Crippen molar-refractivity contribution in [2.24, 2.45) is 0 Å². The zero-order valence-corrected chi connectivity index (χ0v) is 18.0. The van der Waals surface area contributed by atoms with Gasteiger partial charge in [-0.25, -0.2) is 9.78 Å². The standard InChI is InChI=1S/C23H19N3O5S/c1-14-24-19(13-32-14)16-3-2-4-17(11-16)25-20(27)12-31-23(30)15-5-7-18(8-6-15)26-21(28)9-10-22(26)29/h2-8,11,13H,9-10,12H2,1H3,(H,25,27). The van der Waals surface area contributed by atoms with Gasteiger partial charge in [0, 0.05) is 29.5 Å². The maximum Gasteiger partial charge on any atom is 0.338 e. The Bertz CT molecular complexity index is 1190. The molecule has 0 aliphatic carbocycles. The SMILES string of the molecule is Cc1nc(-c2cccc(NC(=O)COC(=O)c3ccc(N4C(=O)CCC4=O)cc3)c2)cs1. The van der Waals surface area contributed by atoms with Crippen LogP contribution in [-0.4, -0.2) is 35.3 Å². The molecule has 0 radical (unpaired) electrons. The number of amides is 3. The lowest BCUT2D eigenvalue weighted by Gasteiger charge is -2.14. The molecule has 1 fully saturated rings. The number of carbonyl (C=O) groups excluding carboxylic acids is 4. The van der Waals surface area contributed by atoms with E-state index in [-0.39, 0.29) is 30.2 Å². The number of nitrogens with one attached hydrogen (secondary N) is 1. The van der Waals surface area contributed by atoms with E-state index in [1.54, 1.807) is 23.5 Å². The van der Waals surface area contributed by atoms with Crippen molar-refractivity contribution in [3.63, 3.8) is 0 Å². The fourth-order valence-corrected chi connectivity index (χ4v) is 3.90. The summed E-state index contributed by atoms with van der Waals surface area (Å²) in [6.07, 6.45) is 0.369. The molecule has 3 aromatic rings. The molecule has 1 aromatic heterocycles. The van der Waals surface area contributed by atoms with Crippen LogP contribution in [0.2, 0.25) is 0 Å². The number of thiazole rings is 1. The number of esters is 1. The molecule has 1 aliphatic rings. The van der Waals surface area contributed by atoms with Gasteiger partial charge in [-0.05, 0) is 43.3 Å². The molecule has 2 aromatic carbocycles. The Morgan fingerprint density at radius 2 is 1.81 bits per heavy atom. The second-order valence-corrected chi connectivity index (χ2v) is 8.19. The molecule has 4 rings (SSSR count). The summed E-state index contributed by atoms with van der Waals surface area (Å²) < 4.78 is 5.08. The molecule has 0 spiro atoms. The minimum absolute atomic E-state index is 0.185. The smallest absolute Gasteiger partial charge is 0.338 e. The van der Waals surface area contributed by atoms with Crippen molar-refractivity contribution >= 4 is 46.4 Å². The molecule has 9 heteroatoms. The first kappa shape index (κ1) is 21.4. The summed E-state index contributed by atoms with van der Waals surface area (Å²) in [4.78, 5) is 53.6. The molecule has 0 bridgehead atoms. The lowest BCUT2D eigenvalue weighted by Crippen LogP contribution is -2.28. The summed E-state index contributed by atoms with van der Waals surface area (Å²) in [5, 5.41) is 5.59. The average molecular weight is 449 g/mol. The van der Waals surface area contributed by atoms with Crippen LogP contribution in [-0.2, 0) is 19.1 Å². The number of nitrogens with zero attached hydrogens (tertiary/aromatic N) is 2. The largest absolute Gasteiger partial charge is 0.452 e. The minimum Gasteiger partial charge on any atom is -0.452 e. The Morgan fingerprint density at radius 3 is 2.47 bits per heavy atom. The predicted octanol–water partition coefficient (Wildman–Crippen LogP) is 3.57. The van der Waals surface area contributed by atoms with Crippen molar-refractivity contribution in [1.82, 2.24) is 4.98 Å². The Balaban J connectivity index is 1.33. The van der Waals surface area contributed by atoms with Crippen LogP contribution in [0.15, 0.2) is 53.9 Å². The summed E-state index contributed by atoms with van der Waals surface area (Å²) in [7, 11) is 0. The van der Waals surface area contributed by atoms with Crippen molar-refractivity contribution < 1.29 is 23.9 Å². The van der Waals surface area contributed by atoms with Gasteiger partial charge in [-0.1, -0.05) is 12.1 Å². The molecule has 1 saturated heterocycles. The molecule has 8 nitrogen and oxygen atoms in total. The molecule has 2 heterocycles. The summed E-state index contributed by atoms with van der Waals surface area (Å²) in [5.74, 6) is -1.70. The molecule has 32 heavy (non-hydrogen) atoms. The zero-order valence-electron chi connectivity index (χ0n) is 17.2. The van der Waals surface area contributed by atoms with Gasteiger partial charge >= 0.3 is 5.97 Å². The third-order valence-electron chi connectivity index (χ3n) is 4.81. The van der Waals surface area contributed by atoms with Crippen molar-refractivity contribution in [3.05, 3.63) is 64.5 Å². The average Bonchev–Trinajstić information content (AvgIpc) is 3.37. The van der Waals surface area contributed by atoms with Gasteiger partial charge in [0.1, 0.15) is 0 Å². The van der Waals surface area contributed by atoms with Gasteiger partial charge in [-0.15, -0.1) is 11.3 Å². The van der Waals surface area contributed by atoms with Crippen molar-refractivity contribution in [3.8, 4) is 11.3 Å². The third kappa shape index (κ3) is 4.73. The third-order valence-corrected chi connectivity index (χ3v) is 5.58.